The van der Waals surface area contributed by atoms with Gasteiger partial charge < -0.3 is 16.4 Å². The normalized spacial score (nSPS) is 12.1. The quantitative estimate of drug-likeness (QED) is 0.758. The van der Waals surface area contributed by atoms with E-state index in [0.717, 1.165) is 0 Å². The number of halogens is 2. The van der Waals surface area contributed by atoms with Gasteiger partial charge in [-0.25, -0.2) is 4.39 Å². The SMILES string of the molecule is CC(C)[C@H](N)C(=O)NCC(=O)Nc1cc(Br)ccc1F. The summed E-state index contributed by atoms with van der Waals surface area (Å²) in [7, 11) is 0. The van der Waals surface area contributed by atoms with Gasteiger partial charge in [-0.1, -0.05) is 29.8 Å². The minimum Gasteiger partial charge on any atom is -0.346 e. The molecule has 0 fully saturated rings. The molecule has 0 saturated heterocycles. The summed E-state index contributed by atoms with van der Waals surface area (Å²) >= 11 is 3.18. The smallest absolute Gasteiger partial charge is 0.243 e. The lowest BCUT2D eigenvalue weighted by atomic mass is 10.1. The van der Waals surface area contributed by atoms with Crippen molar-refractivity contribution >= 4 is 33.4 Å². The maximum absolute atomic E-state index is 13.4. The second-order valence-corrected chi connectivity index (χ2v) is 5.58. The Balaban J connectivity index is 2.52. The Morgan fingerprint density at radius 3 is 2.65 bits per heavy atom. The maximum atomic E-state index is 13.4. The molecule has 1 aromatic carbocycles. The minimum absolute atomic E-state index is 0.0272. The zero-order valence-corrected chi connectivity index (χ0v) is 12.8. The van der Waals surface area contributed by atoms with E-state index in [1.807, 2.05) is 0 Å². The fourth-order valence-electron chi connectivity index (χ4n) is 1.38. The molecule has 0 aliphatic heterocycles. The molecule has 0 aromatic heterocycles. The van der Waals surface area contributed by atoms with Gasteiger partial charge in [0.05, 0.1) is 18.3 Å². The molecule has 5 nitrogen and oxygen atoms in total. The van der Waals surface area contributed by atoms with E-state index in [-0.39, 0.29) is 18.2 Å². The zero-order valence-electron chi connectivity index (χ0n) is 11.2. The molecule has 7 heteroatoms. The molecule has 0 aliphatic carbocycles. The van der Waals surface area contributed by atoms with Gasteiger partial charge in [0.25, 0.3) is 0 Å². The number of rotatable bonds is 5. The molecule has 110 valence electrons. The average Bonchev–Trinajstić information content (AvgIpc) is 2.39. The van der Waals surface area contributed by atoms with Crippen LogP contribution in [0.1, 0.15) is 13.8 Å². The van der Waals surface area contributed by atoms with E-state index in [9.17, 15) is 14.0 Å². The van der Waals surface area contributed by atoms with Gasteiger partial charge in [-0.2, -0.15) is 0 Å². The third kappa shape index (κ3) is 4.90. The van der Waals surface area contributed by atoms with E-state index in [0.29, 0.717) is 4.47 Å². The summed E-state index contributed by atoms with van der Waals surface area (Å²) in [5.41, 5.74) is 5.68. The Morgan fingerprint density at radius 1 is 1.40 bits per heavy atom. The number of anilines is 1. The van der Waals surface area contributed by atoms with Crippen LogP contribution in [0.3, 0.4) is 0 Å². The van der Waals surface area contributed by atoms with E-state index < -0.39 is 23.7 Å². The summed E-state index contributed by atoms with van der Waals surface area (Å²) in [6, 6.07) is 3.52. The van der Waals surface area contributed by atoms with Crippen LogP contribution in [-0.4, -0.2) is 24.4 Å². The highest BCUT2D eigenvalue weighted by Gasteiger charge is 2.17. The number of hydrogen-bond acceptors (Lipinski definition) is 3. The third-order valence-corrected chi connectivity index (χ3v) is 3.14. The summed E-state index contributed by atoms with van der Waals surface area (Å²) in [6.45, 7) is 3.35. The molecule has 0 bridgehead atoms. The van der Waals surface area contributed by atoms with Crippen molar-refractivity contribution in [3.8, 4) is 0 Å². The van der Waals surface area contributed by atoms with Gasteiger partial charge >= 0.3 is 0 Å². The Hall–Kier alpha value is -1.47. The fraction of sp³-hybridized carbons (Fsp3) is 0.385. The van der Waals surface area contributed by atoms with Gasteiger partial charge in [-0.15, -0.1) is 0 Å². The first kappa shape index (κ1) is 16.6. The second-order valence-electron chi connectivity index (χ2n) is 4.66. The van der Waals surface area contributed by atoms with Crippen LogP contribution >= 0.6 is 15.9 Å². The molecular formula is C13H17BrFN3O2. The number of amides is 2. The summed E-state index contributed by atoms with van der Waals surface area (Å²) in [5.74, 6) is -1.51. The lowest BCUT2D eigenvalue weighted by Gasteiger charge is -2.15. The zero-order chi connectivity index (χ0) is 15.3. The first-order valence-corrected chi connectivity index (χ1v) is 6.88. The molecule has 4 N–H and O–H groups in total. The van der Waals surface area contributed by atoms with E-state index in [2.05, 4.69) is 26.6 Å². The largest absolute Gasteiger partial charge is 0.346 e. The van der Waals surface area contributed by atoms with Gasteiger partial charge in [0.15, 0.2) is 0 Å². The van der Waals surface area contributed by atoms with E-state index in [1.165, 1.54) is 18.2 Å². The number of carbonyl (C=O) groups is 2. The molecule has 0 unspecified atom stereocenters. The van der Waals surface area contributed by atoms with Crippen LogP contribution in [0.5, 0.6) is 0 Å². The Labute approximate surface area is 125 Å². The van der Waals surface area contributed by atoms with Crippen molar-refractivity contribution < 1.29 is 14.0 Å². The summed E-state index contributed by atoms with van der Waals surface area (Å²) in [4.78, 5) is 23.2. The van der Waals surface area contributed by atoms with Crippen molar-refractivity contribution in [1.82, 2.24) is 5.32 Å². The highest BCUT2D eigenvalue weighted by Crippen LogP contribution is 2.19. The summed E-state index contributed by atoms with van der Waals surface area (Å²) < 4.78 is 14.1. The van der Waals surface area contributed by atoms with Crippen molar-refractivity contribution in [2.75, 3.05) is 11.9 Å². The van der Waals surface area contributed by atoms with Crippen molar-refractivity contribution in [1.29, 1.82) is 0 Å². The third-order valence-electron chi connectivity index (χ3n) is 2.65. The second kappa shape index (κ2) is 7.35. The highest BCUT2D eigenvalue weighted by molar-refractivity contribution is 9.10. The minimum atomic E-state index is -0.676. The van der Waals surface area contributed by atoms with Crippen LogP contribution in [-0.2, 0) is 9.59 Å². The molecule has 0 aliphatic rings. The standard InChI is InChI=1S/C13H17BrFN3O2/c1-7(2)12(16)13(20)17-6-11(19)18-10-5-8(14)3-4-9(10)15/h3-5,7,12H,6,16H2,1-2H3,(H,17,20)(H,18,19)/t12-/m0/s1. The van der Waals surface area contributed by atoms with Crippen LogP contribution in [0, 0.1) is 11.7 Å². The predicted molar refractivity (Wildman–Crippen MR) is 78.6 cm³/mol. The van der Waals surface area contributed by atoms with E-state index in [4.69, 9.17) is 5.73 Å². The van der Waals surface area contributed by atoms with Crippen LogP contribution in [0.2, 0.25) is 0 Å². The van der Waals surface area contributed by atoms with Gasteiger partial charge in [0.1, 0.15) is 5.82 Å². The molecule has 1 rings (SSSR count). The van der Waals surface area contributed by atoms with Crippen LogP contribution in [0.25, 0.3) is 0 Å². The molecule has 0 saturated carbocycles. The van der Waals surface area contributed by atoms with Gasteiger partial charge in [-0.05, 0) is 24.1 Å². The summed E-state index contributed by atoms with van der Waals surface area (Å²) in [6.07, 6.45) is 0. The summed E-state index contributed by atoms with van der Waals surface area (Å²) in [5, 5.41) is 4.78. The number of hydrogen-bond donors (Lipinski definition) is 3. The molecule has 0 heterocycles. The van der Waals surface area contributed by atoms with Crippen LogP contribution in [0.4, 0.5) is 10.1 Å². The number of benzene rings is 1. The van der Waals surface area contributed by atoms with Crippen molar-refractivity contribution in [2.45, 2.75) is 19.9 Å². The van der Waals surface area contributed by atoms with Crippen molar-refractivity contribution in [3.05, 3.63) is 28.5 Å². The molecular weight excluding hydrogens is 329 g/mol. The molecule has 1 atom stereocenters. The van der Waals surface area contributed by atoms with Crippen LogP contribution in [0.15, 0.2) is 22.7 Å². The first-order chi connectivity index (χ1) is 9.31. The average molecular weight is 346 g/mol. The lowest BCUT2D eigenvalue weighted by molar-refractivity contribution is -0.125. The van der Waals surface area contributed by atoms with E-state index in [1.54, 1.807) is 13.8 Å². The Kier molecular flexibility index (Phi) is 6.09. The Bertz CT molecular complexity index is 508. The molecule has 0 radical (unpaired) electrons. The number of nitrogens with two attached hydrogens (primary N) is 1. The Morgan fingerprint density at radius 2 is 2.05 bits per heavy atom. The molecule has 2 amide bonds. The monoisotopic (exact) mass is 345 g/mol. The van der Waals surface area contributed by atoms with Crippen LogP contribution < -0.4 is 16.4 Å². The molecule has 0 spiro atoms. The van der Waals surface area contributed by atoms with E-state index >= 15 is 0 Å². The maximum Gasteiger partial charge on any atom is 0.243 e. The topological polar surface area (TPSA) is 84.2 Å². The number of carbonyl (C=O) groups excluding carboxylic acids is 2. The van der Waals surface area contributed by atoms with Crippen molar-refractivity contribution in [2.24, 2.45) is 11.7 Å². The molecule has 20 heavy (non-hydrogen) atoms. The fourth-order valence-corrected chi connectivity index (χ4v) is 1.74. The van der Waals surface area contributed by atoms with Gasteiger partial charge in [0.2, 0.25) is 11.8 Å². The van der Waals surface area contributed by atoms with Gasteiger partial charge in [-0.3, -0.25) is 9.59 Å². The van der Waals surface area contributed by atoms with Crippen molar-refractivity contribution in [3.63, 3.8) is 0 Å². The lowest BCUT2D eigenvalue weighted by Crippen LogP contribution is -2.46. The first-order valence-electron chi connectivity index (χ1n) is 6.09. The highest BCUT2D eigenvalue weighted by atomic mass is 79.9. The molecule has 1 aromatic rings. The predicted octanol–water partition coefficient (Wildman–Crippen LogP) is 1.63. The van der Waals surface area contributed by atoms with Gasteiger partial charge in [0, 0.05) is 4.47 Å². The number of nitrogens with one attached hydrogen (secondary N) is 2.